The molecule has 1 N–H and O–H groups in total. The number of nitriles is 1. The van der Waals surface area contributed by atoms with Crippen molar-refractivity contribution < 1.29 is 17.9 Å². The van der Waals surface area contributed by atoms with E-state index in [1.807, 2.05) is 6.07 Å². The van der Waals surface area contributed by atoms with Crippen LogP contribution in [0.5, 0.6) is 11.5 Å². The molecular formula is C17H18N2O4S. The van der Waals surface area contributed by atoms with Gasteiger partial charge in [-0.2, -0.15) is 5.26 Å². The van der Waals surface area contributed by atoms with Gasteiger partial charge in [0.05, 0.1) is 31.6 Å². The number of sulfonamides is 1. The summed E-state index contributed by atoms with van der Waals surface area (Å²) in [4.78, 5) is 0.112. The van der Waals surface area contributed by atoms with E-state index in [0.29, 0.717) is 22.7 Å². The summed E-state index contributed by atoms with van der Waals surface area (Å²) in [5.74, 6) is 0.808. The van der Waals surface area contributed by atoms with Crippen molar-refractivity contribution in [3.05, 3.63) is 47.5 Å². The molecule has 0 heterocycles. The largest absolute Gasteiger partial charge is 0.493 e. The van der Waals surface area contributed by atoms with Crippen LogP contribution in [0.3, 0.4) is 0 Å². The fraction of sp³-hybridized carbons (Fsp3) is 0.235. The van der Waals surface area contributed by atoms with E-state index in [1.165, 1.54) is 20.3 Å². The molecule has 0 radical (unpaired) electrons. The first-order chi connectivity index (χ1) is 11.4. The maximum Gasteiger partial charge on any atom is 0.262 e. The van der Waals surface area contributed by atoms with Gasteiger partial charge >= 0.3 is 0 Å². The highest BCUT2D eigenvalue weighted by Crippen LogP contribution is 2.33. The molecule has 0 saturated carbocycles. The first kappa shape index (κ1) is 17.6. The molecule has 0 unspecified atom stereocenters. The van der Waals surface area contributed by atoms with Gasteiger partial charge in [-0.15, -0.1) is 0 Å². The first-order valence-corrected chi connectivity index (χ1v) is 8.61. The highest BCUT2D eigenvalue weighted by molar-refractivity contribution is 7.92. The van der Waals surface area contributed by atoms with Crippen molar-refractivity contribution in [3.63, 3.8) is 0 Å². The number of methoxy groups -OCH3 is 2. The van der Waals surface area contributed by atoms with Crippen LogP contribution >= 0.6 is 0 Å². The lowest BCUT2D eigenvalue weighted by molar-refractivity contribution is 0.353. The monoisotopic (exact) mass is 346 g/mol. The lowest BCUT2D eigenvalue weighted by atomic mass is 10.1. The number of hydrogen-bond acceptors (Lipinski definition) is 5. The summed E-state index contributed by atoms with van der Waals surface area (Å²) in [7, 11) is -0.835. The molecule has 0 bridgehead atoms. The number of nitrogens with one attached hydrogen (secondary N) is 1. The SMILES string of the molecule is COc1cc(C)c(S(=O)(=O)Nc2ccc(CC#N)cc2)cc1OC. The highest BCUT2D eigenvalue weighted by Gasteiger charge is 2.20. The van der Waals surface area contributed by atoms with Crippen LogP contribution in [0, 0.1) is 18.3 Å². The van der Waals surface area contributed by atoms with Crippen molar-refractivity contribution in [1.82, 2.24) is 0 Å². The third-order valence-corrected chi connectivity index (χ3v) is 4.98. The molecule has 7 heteroatoms. The Morgan fingerprint density at radius 3 is 2.21 bits per heavy atom. The summed E-state index contributed by atoms with van der Waals surface area (Å²) in [6.07, 6.45) is 0.280. The van der Waals surface area contributed by atoms with Crippen LogP contribution in [-0.2, 0) is 16.4 Å². The van der Waals surface area contributed by atoms with Crippen LogP contribution in [0.2, 0.25) is 0 Å². The maximum atomic E-state index is 12.6. The number of rotatable bonds is 6. The third-order valence-electron chi connectivity index (χ3n) is 3.46. The fourth-order valence-corrected chi connectivity index (χ4v) is 3.54. The van der Waals surface area contributed by atoms with Crippen molar-refractivity contribution in [2.24, 2.45) is 0 Å². The number of anilines is 1. The molecule has 0 amide bonds. The van der Waals surface area contributed by atoms with E-state index < -0.39 is 10.0 Å². The minimum atomic E-state index is -3.78. The molecule has 0 saturated heterocycles. The standard InChI is InChI=1S/C17H18N2O4S/c1-12-10-15(22-2)16(23-3)11-17(12)24(20,21)19-14-6-4-13(5-7-14)8-9-18/h4-7,10-11,19H,8H2,1-3H3. The highest BCUT2D eigenvalue weighted by atomic mass is 32.2. The molecule has 0 aliphatic heterocycles. The molecule has 0 aliphatic rings. The van der Waals surface area contributed by atoms with Crippen LogP contribution in [0.4, 0.5) is 5.69 Å². The van der Waals surface area contributed by atoms with Gasteiger partial charge in [-0.05, 0) is 36.2 Å². The summed E-state index contributed by atoms with van der Waals surface area (Å²) < 4.78 is 38.2. The van der Waals surface area contributed by atoms with Gasteiger partial charge in [0.1, 0.15) is 0 Å². The second-order valence-corrected chi connectivity index (χ2v) is 6.76. The van der Waals surface area contributed by atoms with Gasteiger partial charge in [-0.3, -0.25) is 4.72 Å². The molecule has 0 atom stereocenters. The molecule has 6 nitrogen and oxygen atoms in total. The van der Waals surface area contributed by atoms with Crippen molar-refractivity contribution in [2.45, 2.75) is 18.2 Å². The van der Waals surface area contributed by atoms with Crippen LogP contribution in [0.25, 0.3) is 0 Å². The zero-order chi connectivity index (χ0) is 17.7. The van der Waals surface area contributed by atoms with E-state index in [2.05, 4.69) is 4.72 Å². The second kappa shape index (κ2) is 7.23. The van der Waals surface area contributed by atoms with Gasteiger partial charge < -0.3 is 9.47 Å². The molecule has 24 heavy (non-hydrogen) atoms. The predicted molar refractivity (Wildman–Crippen MR) is 90.9 cm³/mol. The molecule has 0 aliphatic carbocycles. The van der Waals surface area contributed by atoms with Gasteiger partial charge in [0.2, 0.25) is 0 Å². The summed E-state index contributed by atoms with van der Waals surface area (Å²) >= 11 is 0. The summed E-state index contributed by atoms with van der Waals surface area (Å²) in [5.41, 5.74) is 1.79. The average Bonchev–Trinajstić information content (AvgIpc) is 2.56. The lowest BCUT2D eigenvalue weighted by Crippen LogP contribution is -2.14. The molecule has 2 aromatic rings. The lowest BCUT2D eigenvalue weighted by Gasteiger charge is -2.14. The Morgan fingerprint density at radius 1 is 1.08 bits per heavy atom. The third kappa shape index (κ3) is 3.78. The van der Waals surface area contributed by atoms with Gasteiger partial charge in [-0.25, -0.2) is 8.42 Å². The van der Waals surface area contributed by atoms with E-state index in [9.17, 15) is 8.42 Å². The van der Waals surface area contributed by atoms with Gasteiger partial charge in [0, 0.05) is 11.8 Å². The molecule has 2 rings (SSSR count). The summed E-state index contributed by atoms with van der Waals surface area (Å²) in [5, 5.41) is 8.66. The molecule has 126 valence electrons. The Hall–Kier alpha value is -2.72. The Balaban J connectivity index is 2.35. The van der Waals surface area contributed by atoms with Crippen molar-refractivity contribution in [3.8, 4) is 17.6 Å². The van der Waals surface area contributed by atoms with Crippen LogP contribution in [0.1, 0.15) is 11.1 Å². The van der Waals surface area contributed by atoms with E-state index in [1.54, 1.807) is 37.3 Å². The van der Waals surface area contributed by atoms with E-state index in [0.717, 1.165) is 5.56 Å². The van der Waals surface area contributed by atoms with Gasteiger partial charge in [0.15, 0.2) is 11.5 Å². The van der Waals surface area contributed by atoms with Gasteiger partial charge in [-0.1, -0.05) is 12.1 Å². The van der Waals surface area contributed by atoms with E-state index in [4.69, 9.17) is 14.7 Å². The molecular weight excluding hydrogens is 328 g/mol. The van der Waals surface area contributed by atoms with Crippen molar-refractivity contribution in [2.75, 3.05) is 18.9 Å². The van der Waals surface area contributed by atoms with Crippen LogP contribution in [0.15, 0.2) is 41.3 Å². The number of aryl methyl sites for hydroxylation is 1. The minimum absolute atomic E-state index is 0.112. The summed E-state index contributed by atoms with van der Waals surface area (Å²) in [6, 6.07) is 11.8. The molecule has 0 spiro atoms. The van der Waals surface area contributed by atoms with Crippen LogP contribution < -0.4 is 14.2 Å². The van der Waals surface area contributed by atoms with E-state index in [-0.39, 0.29) is 11.3 Å². The zero-order valence-corrected chi connectivity index (χ0v) is 14.5. The van der Waals surface area contributed by atoms with Crippen molar-refractivity contribution >= 4 is 15.7 Å². The Morgan fingerprint density at radius 2 is 1.67 bits per heavy atom. The maximum absolute atomic E-state index is 12.6. The van der Waals surface area contributed by atoms with Gasteiger partial charge in [0.25, 0.3) is 10.0 Å². The quantitative estimate of drug-likeness (QED) is 0.869. The fourth-order valence-electron chi connectivity index (χ4n) is 2.24. The molecule has 0 aromatic heterocycles. The number of benzene rings is 2. The number of ether oxygens (including phenoxy) is 2. The Bertz CT molecular complexity index is 869. The Labute approximate surface area is 141 Å². The number of hydrogen-bond donors (Lipinski definition) is 1. The molecule has 2 aromatic carbocycles. The van der Waals surface area contributed by atoms with Crippen molar-refractivity contribution in [1.29, 1.82) is 5.26 Å². The Kier molecular flexibility index (Phi) is 5.31. The second-order valence-electron chi connectivity index (χ2n) is 5.11. The smallest absolute Gasteiger partial charge is 0.262 e. The van der Waals surface area contributed by atoms with Crippen LogP contribution in [-0.4, -0.2) is 22.6 Å². The van der Waals surface area contributed by atoms with E-state index >= 15 is 0 Å². The normalized spacial score (nSPS) is 10.8. The zero-order valence-electron chi connectivity index (χ0n) is 13.7. The minimum Gasteiger partial charge on any atom is -0.493 e. The topological polar surface area (TPSA) is 88.4 Å². The number of nitrogens with zero attached hydrogens (tertiary/aromatic N) is 1. The molecule has 0 fully saturated rings. The predicted octanol–water partition coefficient (Wildman–Crippen LogP) is 2.88. The first-order valence-electron chi connectivity index (χ1n) is 7.12. The average molecular weight is 346 g/mol. The summed E-state index contributed by atoms with van der Waals surface area (Å²) in [6.45, 7) is 1.69.